The molecule has 1 amide bonds. The monoisotopic (exact) mass is 583 g/mol. The van der Waals surface area contributed by atoms with Crippen molar-refractivity contribution >= 4 is 23.8 Å². The molecule has 1 unspecified atom stereocenters. The zero-order valence-electron chi connectivity index (χ0n) is 24.2. The molecule has 2 atom stereocenters. The Morgan fingerprint density at radius 2 is 1.45 bits per heavy atom. The third-order valence-corrected chi connectivity index (χ3v) is 6.64. The molecule has 0 bridgehead atoms. The van der Waals surface area contributed by atoms with Gasteiger partial charge in [-0.25, -0.2) is 9.59 Å². The molecule has 0 radical (unpaired) electrons. The molecule has 222 valence electrons. The number of halogens is 3. The maximum absolute atomic E-state index is 14.1. The van der Waals surface area contributed by atoms with Crippen molar-refractivity contribution < 1.29 is 37.0 Å². The van der Waals surface area contributed by atoms with Gasteiger partial charge < -0.3 is 19.5 Å². The number of alkyl halides is 3. The minimum atomic E-state index is -4.47. The fraction of sp³-hybridized carbons (Fsp3) is 0.533. The second kappa shape index (κ2) is 14.1. The Hall–Kier alpha value is -2.88. The van der Waals surface area contributed by atoms with Crippen molar-refractivity contribution in [2.75, 3.05) is 18.6 Å². The zero-order chi connectivity index (χ0) is 30.1. The van der Waals surface area contributed by atoms with Gasteiger partial charge in [0.25, 0.3) is 0 Å². The predicted octanol–water partition coefficient (Wildman–Crippen LogP) is 7.76. The highest BCUT2D eigenvalue weighted by molar-refractivity contribution is 7.99. The lowest BCUT2D eigenvalue weighted by atomic mass is 9.92. The van der Waals surface area contributed by atoms with E-state index in [4.69, 9.17) is 14.2 Å². The average Bonchev–Trinajstić information content (AvgIpc) is 2.82. The van der Waals surface area contributed by atoms with Gasteiger partial charge in [0, 0.05) is 5.56 Å². The number of hydrogen-bond donors (Lipinski definition) is 1. The van der Waals surface area contributed by atoms with E-state index in [9.17, 15) is 22.8 Å². The minimum absolute atomic E-state index is 0.0773. The second-order valence-corrected chi connectivity index (χ2v) is 12.6. The summed E-state index contributed by atoms with van der Waals surface area (Å²) in [6, 6.07) is 13.2. The van der Waals surface area contributed by atoms with Crippen molar-refractivity contribution in [3.63, 3.8) is 0 Å². The molecule has 0 spiro atoms. The number of esters is 1. The highest BCUT2D eigenvalue weighted by Crippen LogP contribution is 2.43. The van der Waals surface area contributed by atoms with E-state index in [0.717, 1.165) is 11.1 Å². The van der Waals surface area contributed by atoms with Crippen LogP contribution in [-0.2, 0) is 14.3 Å². The number of carbonyl (C=O) groups is 2. The van der Waals surface area contributed by atoms with Crippen molar-refractivity contribution in [1.29, 1.82) is 0 Å². The van der Waals surface area contributed by atoms with Gasteiger partial charge in [-0.05, 0) is 83.1 Å². The van der Waals surface area contributed by atoms with Gasteiger partial charge in [0.05, 0.1) is 13.0 Å². The van der Waals surface area contributed by atoms with Crippen LogP contribution in [0.2, 0.25) is 0 Å². The van der Waals surface area contributed by atoms with Gasteiger partial charge >= 0.3 is 18.2 Å². The van der Waals surface area contributed by atoms with Crippen molar-refractivity contribution in [1.82, 2.24) is 5.32 Å². The van der Waals surface area contributed by atoms with Crippen LogP contribution in [0.15, 0.2) is 48.5 Å². The fourth-order valence-corrected chi connectivity index (χ4v) is 4.89. The normalized spacial score (nSPS) is 13.8. The number of thioether (sulfide) groups is 1. The van der Waals surface area contributed by atoms with E-state index < -0.39 is 41.4 Å². The van der Waals surface area contributed by atoms with E-state index in [2.05, 4.69) is 5.32 Å². The number of methoxy groups -OCH3 is 1. The lowest BCUT2D eigenvalue weighted by molar-refractivity contribution is -0.157. The number of amides is 1. The molecule has 1 N–H and O–H groups in total. The number of benzene rings is 2. The highest BCUT2D eigenvalue weighted by atomic mass is 32.2. The summed E-state index contributed by atoms with van der Waals surface area (Å²) >= 11 is 1.27. The Morgan fingerprint density at radius 1 is 0.850 bits per heavy atom. The smallest absolute Gasteiger partial charge is 0.408 e. The van der Waals surface area contributed by atoms with Crippen molar-refractivity contribution in [3.8, 4) is 16.9 Å². The fourth-order valence-electron chi connectivity index (χ4n) is 3.88. The topological polar surface area (TPSA) is 73.9 Å². The molecule has 0 aliphatic heterocycles. The molecule has 2 rings (SSSR count). The molecule has 0 heterocycles. The van der Waals surface area contributed by atoms with E-state index in [0.29, 0.717) is 5.75 Å². The maximum Gasteiger partial charge on any atom is 0.408 e. The third kappa shape index (κ3) is 11.3. The van der Waals surface area contributed by atoms with E-state index in [-0.39, 0.29) is 29.9 Å². The molecule has 0 fully saturated rings. The Bertz CT molecular complexity index is 1110. The molecule has 2 aromatic carbocycles. The number of ether oxygens (including phenoxy) is 3. The van der Waals surface area contributed by atoms with Crippen LogP contribution in [-0.4, -0.2) is 54.1 Å². The molecule has 0 saturated heterocycles. The van der Waals surface area contributed by atoms with Crippen LogP contribution in [0.25, 0.3) is 11.1 Å². The van der Waals surface area contributed by atoms with Gasteiger partial charge in [-0.15, -0.1) is 0 Å². The van der Waals surface area contributed by atoms with E-state index in [1.807, 2.05) is 30.3 Å². The molecule has 0 aromatic heterocycles. The van der Waals surface area contributed by atoms with Crippen LogP contribution in [0.4, 0.5) is 18.0 Å². The first-order chi connectivity index (χ1) is 18.5. The second-order valence-electron chi connectivity index (χ2n) is 11.3. The number of rotatable bonds is 11. The standard InChI is InChI=1S/C30H40F3NO5S/c1-28(2,3)38-26(35)24(34-27(36)39-29(4,5)6)16-18-40-17-15-23(30(31,32)33)22-14-13-21(19-25(22)37-7)20-11-9-8-10-12-20/h8-14,19,23-24H,15-18H2,1-7H3,(H,34,36)/t23?,24-/m0/s1. The number of carbonyl (C=O) groups excluding carboxylic acids is 2. The molecule has 2 aromatic rings. The quantitative estimate of drug-likeness (QED) is 0.215. The molecule has 0 saturated carbocycles. The summed E-state index contributed by atoms with van der Waals surface area (Å²) in [6.45, 7) is 10.2. The summed E-state index contributed by atoms with van der Waals surface area (Å²) in [5.74, 6) is -1.66. The van der Waals surface area contributed by atoms with E-state index in [1.165, 1.54) is 24.9 Å². The van der Waals surface area contributed by atoms with Gasteiger partial charge in [0.2, 0.25) is 0 Å². The number of hydrogen-bond acceptors (Lipinski definition) is 6. The van der Waals surface area contributed by atoms with E-state index in [1.54, 1.807) is 53.7 Å². The maximum atomic E-state index is 14.1. The summed E-state index contributed by atoms with van der Waals surface area (Å²) in [4.78, 5) is 25.0. The van der Waals surface area contributed by atoms with Gasteiger partial charge in [-0.3, -0.25) is 0 Å². The molecule has 0 aliphatic rings. The van der Waals surface area contributed by atoms with Crippen LogP contribution >= 0.6 is 11.8 Å². The van der Waals surface area contributed by atoms with Gasteiger partial charge in [-0.1, -0.05) is 42.5 Å². The first-order valence-electron chi connectivity index (χ1n) is 13.1. The van der Waals surface area contributed by atoms with Gasteiger partial charge in [-0.2, -0.15) is 24.9 Å². The number of nitrogens with one attached hydrogen (secondary N) is 1. The van der Waals surface area contributed by atoms with Gasteiger partial charge in [0.1, 0.15) is 23.0 Å². The molecule has 0 aliphatic carbocycles. The third-order valence-electron chi connectivity index (χ3n) is 5.60. The van der Waals surface area contributed by atoms with Crippen LogP contribution in [0.5, 0.6) is 5.75 Å². The predicted molar refractivity (Wildman–Crippen MR) is 153 cm³/mol. The lowest BCUT2D eigenvalue weighted by Gasteiger charge is -2.26. The van der Waals surface area contributed by atoms with Gasteiger partial charge in [0.15, 0.2) is 0 Å². The van der Waals surface area contributed by atoms with Crippen LogP contribution in [0.3, 0.4) is 0 Å². The lowest BCUT2D eigenvalue weighted by Crippen LogP contribution is -2.46. The van der Waals surface area contributed by atoms with E-state index >= 15 is 0 Å². The summed E-state index contributed by atoms with van der Waals surface area (Å²) in [6.07, 6.45) is -5.24. The summed E-state index contributed by atoms with van der Waals surface area (Å²) in [5, 5.41) is 2.53. The minimum Gasteiger partial charge on any atom is -0.496 e. The van der Waals surface area contributed by atoms with Crippen LogP contribution in [0.1, 0.15) is 65.9 Å². The molecule has 6 nitrogen and oxygen atoms in total. The average molecular weight is 584 g/mol. The largest absolute Gasteiger partial charge is 0.496 e. The Labute approximate surface area is 239 Å². The number of alkyl carbamates (subject to hydrolysis) is 1. The van der Waals surface area contributed by atoms with Crippen molar-refractivity contribution in [2.45, 2.75) is 83.7 Å². The zero-order valence-corrected chi connectivity index (χ0v) is 25.0. The van der Waals surface area contributed by atoms with Crippen molar-refractivity contribution in [2.24, 2.45) is 0 Å². The SMILES string of the molecule is COc1cc(-c2ccccc2)ccc1C(CCSCC[C@H](NC(=O)OC(C)(C)C)C(=O)OC(C)(C)C)C(F)(F)F. The van der Waals surface area contributed by atoms with Crippen LogP contribution in [0, 0.1) is 0 Å². The molecular weight excluding hydrogens is 543 g/mol. The first kappa shape index (κ1) is 33.3. The Balaban J connectivity index is 2.07. The highest BCUT2D eigenvalue weighted by Gasteiger charge is 2.41. The molecular formula is C30H40F3NO5S. The molecule has 10 heteroatoms. The summed E-state index contributed by atoms with van der Waals surface area (Å²) in [5.41, 5.74) is 0.193. The molecule has 40 heavy (non-hydrogen) atoms. The Morgan fingerprint density at radius 3 is 2.00 bits per heavy atom. The Kier molecular flexibility index (Phi) is 11.8. The summed E-state index contributed by atoms with van der Waals surface area (Å²) < 4.78 is 58.4. The summed E-state index contributed by atoms with van der Waals surface area (Å²) in [7, 11) is 1.37. The van der Waals surface area contributed by atoms with Crippen molar-refractivity contribution in [3.05, 3.63) is 54.1 Å². The first-order valence-corrected chi connectivity index (χ1v) is 14.3. The van der Waals surface area contributed by atoms with Crippen LogP contribution < -0.4 is 10.1 Å².